The number of rotatable bonds is 5. The summed E-state index contributed by atoms with van der Waals surface area (Å²) >= 11 is 0. The monoisotopic (exact) mass is 348 g/mol. The molecule has 0 unspecified atom stereocenters. The number of carbonyl (C=O) groups excluding carboxylic acids is 1. The van der Waals surface area contributed by atoms with Gasteiger partial charge in [-0.05, 0) is 26.3 Å². The van der Waals surface area contributed by atoms with Crippen LogP contribution in [0, 0.1) is 0 Å². The molecule has 7 nitrogen and oxygen atoms in total. The van der Waals surface area contributed by atoms with Gasteiger partial charge in [0.2, 0.25) is 5.91 Å². The normalized spacial score (nSPS) is 21.0. The number of hydrogen-bond acceptors (Lipinski definition) is 5. The summed E-state index contributed by atoms with van der Waals surface area (Å²) < 4.78 is 2.19. The zero-order valence-corrected chi connectivity index (χ0v) is 15.9. The lowest BCUT2D eigenvalue weighted by molar-refractivity contribution is -0.132. The number of likely N-dealkylation sites (tertiary alicyclic amines) is 1. The molecule has 0 spiro atoms. The van der Waals surface area contributed by atoms with E-state index in [1.165, 1.54) is 0 Å². The Balaban J connectivity index is 1.56. The van der Waals surface area contributed by atoms with E-state index in [2.05, 4.69) is 45.6 Å². The second kappa shape index (κ2) is 8.27. The van der Waals surface area contributed by atoms with Crippen molar-refractivity contribution in [3.05, 3.63) is 11.6 Å². The van der Waals surface area contributed by atoms with Crippen LogP contribution in [0.5, 0.6) is 0 Å². The van der Waals surface area contributed by atoms with Gasteiger partial charge in [-0.25, -0.2) is 0 Å². The highest BCUT2D eigenvalue weighted by molar-refractivity contribution is 5.76. The lowest BCUT2D eigenvalue weighted by Crippen LogP contribution is -2.44. The van der Waals surface area contributed by atoms with Gasteiger partial charge >= 0.3 is 0 Å². The fourth-order valence-corrected chi connectivity index (χ4v) is 3.83. The summed E-state index contributed by atoms with van der Waals surface area (Å²) in [7, 11) is 4.27. The average molecular weight is 348 g/mol. The molecule has 1 aromatic rings. The van der Waals surface area contributed by atoms with Crippen LogP contribution in [-0.2, 0) is 18.4 Å². The predicted molar refractivity (Wildman–Crippen MR) is 97.2 cm³/mol. The van der Waals surface area contributed by atoms with Crippen molar-refractivity contribution < 1.29 is 4.79 Å². The van der Waals surface area contributed by atoms with E-state index in [0.29, 0.717) is 18.2 Å². The van der Waals surface area contributed by atoms with E-state index >= 15 is 0 Å². The zero-order chi connectivity index (χ0) is 17.8. The minimum absolute atomic E-state index is 0.301. The maximum absolute atomic E-state index is 12.0. The summed E-state index contributed by atoms with van der Waals surface area (Å²) in [6, 6.07) is 0. The number of amides is 1. The van der Waals surface area contributed by atoms with Gasteiger partial charge in [0.25, 0.3) is 0 Å². The fourth-order valence-electron chi connectivity index (χ4n) is 3.83. The Kier molecular flexibility index (Phi) is 6.06. The largest absolute Gasteiger partial charge is 0.343 e. The molecule has 140 valence electrons. The molecule has 0 aromatic carbocycles. The molecular formula is C18H32N6O. The highest BCUT2D eigenvalue weighted by Gasteiger charge is 2.27. The summed E-state index contributed by atoms with van der Waals surface area (Å²) in [6.45, 7) is 9.07. The predicted octanol–water partition coefficient (Wildman–Crippen LogP) is 1.07. The van der Waals surface area contributed by atoms with Crippen LogP contribution in [-0.4, -0.2) is 81.7 Å². The maximum atomic E-state index is 12.0. The van der Waals surface area contributed by atoms with Crippen LogP contribution in [0.1, 0.15) is 50.2 Å². The van der Waals surface area contributed by atoms with Crippen LogP contribution in [0.2, 0.25) is 0 Å². The van der Waals surface area contributed by atoms with Crippen LogP contribution in [0.4, 0.5) is 0 Å². The summed E-state index contributed by atoms with van der Waals surface area (Å²) in [5.74, 6) is 2.87. The third-order valence-electron chi connectivity index (χ3n) is 5.64. The Labute approximate surface area is 151 Å². The number of likely N-dealkylation sites (N-methyl/N-ethyl adjacent to an activating group) is 1. The lowest BCUT2D eigenvalue weighted by Gasteiger charge is -2.32. The Bertz CT molecular complexity index is 570. The highest BCUT2D eigenvalue weighted by Crippen LogP contribution is 2.27. The molecule has 25 heavy (non-hydrogen) atoms. The molecule has 0 aliphatic carbocycles. The molecule has 2 fully saturated rings. The number of piperidine rings is 1. The molecule has 2 aliphatic heterocycles. The smallest absolute Gasteiger partial charge is 0.222 e. The maximum Gasteiger partial charge on any atom is 0.222 e. The third kappa shape index (κ3) is 4.39. The minimum Gasteiger partial charge on any atom is -0.343 e. The molecule has 0 radical (unpaired) electrons. The first kappa shape index (κ1) is 18.3. The first-order chi connectivity index (χ1) is 12.1. The quantitative estimate of drug-likeness (QED) is 0.797. The van der Waals surface area contributed by atoms with E-state index in [0.717, 1.165) is 76.7 Å². The van der Waals surface area contributed by atoms with Gasteiger partial charge in [-0.1, -0.05) is 6.92 Å². The Morgan fingerprint density at radius 1 is 1.04 bits per heavy atom. The van der Waals surface area contributed by atoms with Gasteiger partial charge in [0.15, 0.2) is 0 Å². The van der Waals surface area contributed by atoms with Gasteiger partial charge in [0, 0.05) is 58.7 Å². The van der Waals surface area contributed by atoms with E-state index in [1.54, 1.807) is 0 Å². The van der Waals surface area contributed by atoms with Gasteiger partial charge in [0.1, 0.15) is 11.6 Å². The van der Waals surface area contributed by atoms with Crippen molar-refractivity contribution in [1.29, 1.82) is 0 Å². The summed E-state index contributed by atoms with van der Waals surface area (Å²) in [4.78, 5) is 18.9. The number of nitrogens with zero attached hydrogens (tertiary/aromatic N) is 6. The van der Waals surface area contributed by atoms with Crippen LogP contribution in [0.25, 0.3) is 0 Å². The van der Waals surface area contributed by atoms with Crippen LogP contribution >= 0.6 is 0 Å². The molecular weight excluding hydrogens is 316 g/mol. The Hall–Kier alpha value is -1.47. The van der Waals surface area contributed by atoms with Crippen LogP contribution in [0.15, 0.2) is 0 Å². The van der Waals surface area contributed by atoms with E-state index in [9.17, 15) is 4.79 Å². The van der Waals surface area contributed by atoms with Gasteiger partial charge in [-0.15, -0.1) is 10.2 Å². The SMILES string of the molecule is CCCC(=O)N1CCC(c2nnc(CN3CCN(C)CC3)n2C)CC1. The van der Waals surface area contributed by atoms with Crippen molar-refractivity contribution in [2.24, 2.45) is 7.05 Å². The highest BCUT2D eigenvalue weighted by atomic mass is 16.2. The molecule has 0 atom stereocenters. The minimum atomic E-state index is 0.301. The summed E-state index contributed by atoms with van der Waals surface area (Å²) in [5, 5.41) is 8.96. The molecule has 2 aliphatic rings. The van der Waals surface area contributed by atoms with Crippen LogP contribution in [0.3, 0.4) is 0 Å². The lowest BCUT2D eigenvalue weighted by atomic mass is 9.95. The number of aromatic nitrogens is 3. The summed E-state index contributed by atoms with van der Waals surface area (Å²) in [6.07, 6.45) is 3.59. The van der Waals surface area contributed by atoms with Crippen molar-refractivity contribution in [2.45, 2.75) is 45.1 Å². The standard InChI is InChI=1S/C18H32N6O/c1-4-5-17(25)24-8-6-15(7-9-24)18-20-19-16(22(18)3)14-23-12-10-21(2)11-13-23/h15H,4-14H2,1-3H3. The van der Waals surface area contributed by atoms with Gasteiger partial charge in [-0.2, -0.15) is 0 Å². The van der Waals surface area contributed by atoms with Crippen LogP contribution < -0.4 is 0 Å². The van der Waals surface area contributed by atoms with Crippen molar-refractivity contribution in [3.63, 3.8) is 0 Å². The van der Waals surface area contributed by atoms with Gasteiger partial charge < -0.3 is 14.4 Å². The molecule has 0 saturated carbocycles. The molecule has 0 bridgehead atoms. The first-order valence-electron chi connectivity index (χ1n) is 9.65. The Morgan fingerprint density at radius 2 is 1.72 bits per heavy atom. The van der Waals surface area contributed by atoms with Crippen molar-refractivity contribution in [3.8, 4) is 0 Å². The molecule has 3 heterocycles. The molecule has 2 saturated heterocycles. The fraction of sp³-hybridized carbons (Fsp3) is 0.833. The van der Waals surface area contributed by atoms with Gasteiger partial charge in [-0.3, -0.25) is 9.69 Å². The molecule has 7 heteroatoms. The molecule has 0 N–H and O–H groups in total. The third-order valence-corrected chi connectivity index (χ3v) is 5.64. The van der Waals surface area contributed by atoms with E-state index in [4.69, 9.17) is 0 Å². The second-order valence-electron chi connectivity index (χ2n) is 7.52. The van der Waals surface area contributed by atoms with E-state index in [1.807, 2.05) is 4.90 Å². The van der Waals surface area contributed by atoms with E-state index < -0.39 is 0 Å². The van der Waals surface area contributed by atoms with Crippen molar-refractivity contribution in [2.75, 3.05) is 46.3 Å². The molecule has 1 aromatic heterocycles. The summed E-state index contributed by atoms with van der Waals surface area (Å²) in [5.41, 5.74) is 0. The van der Waals surface area contributed by atoms with Crippen molar-refractivity contribution in [1.82, 2.24) is 29.5 Å². The van der Waals surface area contributed by atoms with E-state index in [-0.39, 0.29) is 0 Å². The zero-order valence-electron chi connectivity index (χ0n) is 15.9. The molecule has 3 rings (SSSR count). The number of carbonyl (C=O) groups is 1. The van der Waals surface area contributed by atoms with Gasteiger partial charge in [0.05, 0.1) is 6.54 Å². The Morgan fingerprint density at radius 3 is 2.36 bits per heavy atom. The second-order valence-corrected chi connectivity index (χ2v) is 7.52. The average Bonchev–Trinajstić information content (AvgIpc) is 2.98. The first-order valence-corrected chi connectivity index (χ1v) is 9.65. The van der Waals surface area contributed by atoms with Crippen molar-refractivity contribution >= 4 is 5.91 Å². The number of piperazine rings is 1. The topological polar surface area (TPSA) is 57.5 Å². The molecule has 1 amide bonds. The number of hydrogen-bond donors (Lipinski definition) is 0.